The molecule has 0 atom stereocenters. The van der Waals surface area contributed by atoms with E-state index < -0.39 is 8.07 Å². The van der Waals surface area contributed by atoms with E-state index >= 15 is 0 Å². The third kappa shape index (κ3) is 6.42. The maximum atomic E-state index is 5.64. The maximum Gasteiger partial charge on any atom is 0.179 e. The fraction of sp³-hybridized carbons (Fsp3) is 0. The summed E-state index contributed by atoms with van der Waals surface area (Å²) in [5, 5.41) is 7.77. The zero-order valence-electron chi connectivity index (χ0n) is 40.2. The van der Waals surface area contributed by atoms with Gasteiger partial charge in [0, 0.05) is 43.1 Å². The van der Waals surface area contributed by atoms with E-state index in [0.717, 1.165) is 39.3 Å². The fourth-order valence-electron chi connectivity index (χ4n) is 12.4. The summed E-state index contributed by atoms with van der Waals surface area (Å²) in [6, 6.07) is 97.4. The first-order valence-electron chi connectivity index (χ1n) is 25.4. The van der Waals surface area contributed by atoms with Crippen molar-refractivity contribution < 1.29 is 0 Å². The van der Waals surface area contributed by atoms with Gasteiger partial charge in [-0.2, -0.15) is 0 Å². The molecule has 0 N–H and O–H groups in total. The van der Waals surface area contributed by atoms with Crippen molar-refractivity contribution in [2.75, 3.05) is 0 Å². The van der Waals surface area contributed by atoms with Crippen LogP contribution in [-0.2, 0) is 0 Å². The molecule has 15 rings (SSSR count). The van der Waals surface area contributed by atoms with Gasteiger partial charge in [-0.05, 0) is 105 Å². The SMILES string of the molecule is c1ccc([Si](c2ccccc2)(c2ccc3c(c2)-c2ccccc2-c2ccccc2-c2ccccc2-3)c2ccc3c(c2)-c2ccccc2-c2ccccc2-c2nc(-c4cccc5c4sc4ccccc45)ncc2-3)cc1. The van der Waals surface area contributed by atoms with E-state index in [4.69, 9.17) is 9.97 Å². The zero-order chi connectivity index (χ0) is 48.7. The van der Waals surface area contributed by atoms with E-state index in [1.807, 2.05) is 11.3 Å². The number of nitrogens with zero attached hydrogens (tertiary/aromatic N) is 2. The summed E-state index contributed by atoms with van der Waals surface area (Å²) < 4.78 is 2.47. The minimum Gasteiger partial charge on any atom is -0.236 e. The summed E-state index contributed by atoms with van der Waals surface area (Å²) in [4.78, 5) is 10.9. The predicted molar refractivity (Wildman–Crippen MR) is 315 cm³/mol. The second kappa shape index (κ2) is 17.0. The number of hydrogen-bond acceptors (Lipinski definition) is 3. The number of thiophene rings is 1. The number of fused-ring (bicyclic) bond motifs is 19. The third-order valence-corrected chi connectivity index (χ3v) is 21.6. The van der Waals surface area contributed by atoms with Crippen molar-refractivity contribution in [2.24, 2.45) is 0 Å². The van der Waals surface area contributed by atoms with E-state index in [-0.39, 0.29) is 0 Å². The fourth-order valence-corrected chi connectivity index (χ4v) is 18.4. The van der Waals surface area contributed by atoms with Crippen molar-refractivity contribution in [1.82, 2.24) is 9.97 Å². The van der Waals surface area contributed by atoms with E-state index in [0.29, 0.717) is 0 Å². The number of hydrogen-bond donors (Lipinski definition) is 0. The van der Waals surface area contributed by atoms with Gasteiger partial charge in [0.1, 0.15) is 0 Å². The van der Waals surface area contributed by atoms with Gasteiger partial charge in [0.2, 0.25) is 0 Å². The van der Waals surface area contributed by atoms with Gasteiger partial charge in [-0.3, -0.25) is 0 Å². The van der Waals surface area contributed by atoms with Crippen molar-refractivity contribution in [3.8, 4) is 101 Å². The highest BCUT2D eigenvalue weighted by molar-refractivity contribution is 7.26. The molecule has 0 amide bonds. The van der Waals surface area contributed by atoms with E-state index in [1.54, 1.807) is 0 Å². The minimum atomic E-state index is -3.17. The van der Waals surface area contributed by atoms with Gasteiger partial charge in [0.15, 0.2) is 13.9 Å². The summed E-state index contributed by atoms with van der Waals surface area (Å²) >= 11 is 1.82. The van der Waals surface area contributed by atoms with Crippen molar-refractivity contribution in [2.45, 2.75) is 0 Å². The zero-order valence-corrected chi connectivity index (χ0v) is 42.0. The Morgan fingerprint density at radius 2 is 0.649 bits per heavy atom. The Labute approximate surface area is 435 Å². The van der Waals surface area contributed by atoms with Crippen LogP contribution in [0.15, 0.2) is 267 Å². The topological polar surface area (TPSA) is 25.8 Å². The molecule has 344 valence electrons. The molecule has 2 nitrogen and oxygen atoms in total. The molecule has 0 spiro atoms. The minimum absolute atomic E-state index is 0.730. The lowest BCUT2D eigenvalue weighted by Crippen LogP contribution is -2.74. The van der Waals surface area contributed by atoms with Gasteiger partial charge >= 0.3 is 0 Å². The second-order valence-electron chi connectivity index (χ2n) is 19.5. The summed E-state index contributed by atoms with van der Waals surface area (Å²) in [5.74, 6) is 0.730. The lowest BCUT2D eigenvalue weighted by atomic mass is 9.81. The van der Waals surface area contributed by atoms with Gasteiger partial charge in [-0.1, -0.05) is 249 Å². The van der Waals surface area contributed by atoms with Crippen molar-refractivity contribution in [1.29, 1.82) is 0 Å². The molecule has 2 heterocycles. The summed E-state index contributed by atoms with van der Waals surface area (Å²) in [6.45, 7) is 0. The number of aromatic nitrogens is 2. The lowest BCUT2D eigenvalue weighted by Gasteiger charge is -2.36. The highest BCUT2D eigenvalue weighted by Gasteiger charge is 2.43. The average molecular weight is 973 g/mol. The van der Waals surface area contributed by atoms with E-state index in [9.17, 15) is 0 Å². The maximum absolute atomic E-state index is 5.64. The molecular weight excluding hydrogens is 929 g/mol. The van der Waals surface area contributed by atoms with Crippen molar-refractivity contribution in [3.05, 3.63) is 267 Å². The van der Waals surface area contributed by atoms with Crippen LogP contribution in [0.2, 0.25) is 0 Å². The van der Waals surface area contributed by atoms with Gasteiger partial charge in [-0.15, -0.1) is 11.3 Å². The highest BCUT2D eigenvalue weighted by atomic mass is 32.1. The van der Waals surface area contributed by atoms with E-state index in [1.165, 1.54) is 102 Å². The van der Waals surface area contributed by atoms with Crippen LogP contribution in [0.4, 0.5) is 0 Å². The van der Waals surface area contributed by atoms with Crippen LogP contribution in [0.3, 0.4) is 0 Å². The molecule has 0 bridgehead atoms. The molecular formula is C70H44N2SSi. The first kappa shape index (κ1) is 42.6. The molecule has 2 aliphatic carbocycles. The molecule has 11 aromatic carbocycles. The molecule has 2 aromatic heterocycles. The van der Waals surface area contributed by atoms with Gasteiger partial charge in [0.05, 0.1) is 5.69 Å². The van der Waals surface area contributed by atoms with Crippen LogP contribution in [-0.4, -0.2) is 18.0 Å². The molecule has 74 heavy (non-hydrogen) atoms. The van der Waals surface area contributed by atoms with Crippen LogP contribution < -0.4 is 20.7 Å². The molecule has 2 aliphatic rings. The second-order valence-corrected chi connectivity index (χ2v) is 24.3. The standard InChI is InChI=1S/C70H44N2SSi/c1-3-20-45(21-4-1)74(46-22-5-2-6-23-46,47-38-40-58-53-28-10-9-26-51(53)49-24-7-8-25-50(49)52-27-11-13-31-56(52)64(58)42-47)48-39-41-59-65(43-48)57-32-14-12-29-54(57)55-30-15-16-34-61(55)68-66(59)44-71-70(72-68)63-36-19-35-62-60-33-17-18-37-67(60)73-69(62)63/h1-44H. The molecule has 0 radical (unpaired) electrons. The molecule has 13 aromatic rings. The quantitative estimate of drug-likeness (QED) is 0.127. The smallest absolute Gasteiger partial charge is 0.179 e. The average Bonchev–Trinajstić information content (AvgIpc) is 3.88. The third-order valence-electron chi connectivity index (χ3n) is 15.7. The van der Waals surface area contributed by atoms with Crippen LogP contribution in [0.25, 0.3) is 121 Å². The molecule has 0 saturated heterocycles. The van der Waals surface area contributed by atoms with Crippen molar-refractivity contribution >= 4 is 60.3 Å². The van der Waals surface area contributed by atoms with Crippen molar-refractivity contribution in [3.63, 3.8) is 0 Å². The molecule has 0 fully saturated rings. The lowest BCUT2D eigenvalue weighted by molar-refractivity contribution is 1.19. The normalized spacial score (nSPS) is 12.1. The molecule has 4 heteroatoms. The van der Waals surface area contributed by atoms with Crippen LogP contribution in [0, 0.1) is 0 Å². The van der Waals surface area contributed by atoms with Crippen LogP contribution >= 0.6 is 11.3 Å². The summed E-state index contributed by atoms with van der Waals surface area (Å²) in [6.07, 6.45) is 2.09. The highest BCUT2D eigenvalue weighted by Crippen LogP contribution is 2.50. The molecule has 0 unspecified atom stereocenters. The Morgan fingerprint density at radius 3 is 1.16 bits per heavy atom. The van der Waals surface area contributed by atoms with E-state index in [2.05, 4.69) is 267 Å². The van der Waals surface area contributed by atoms with Gasteiger partial charge < -0.3 is 0 Å². The van der Waals surface area contributed by atoms with Crippen LogP contribution in [0.1, 0.15) is 0 Å². The monoisotopic (exact) mass is 972 g/mol. The largest absolute Gasteiger partial charge is 0.236 e. The predicted octanol–water partition coefficient (Wildman–Crippen LogP) is 15.9. The Bertz CT molecular complexity index is 4340. The Hall–Kier alpha value is -9.06. The Balaban J connectivity index is 1.01. The first-order valence-corrected chi connectivity index (χ1v) is 28.2. The first-order chi connectivity index (χ1) is 36.7. The van der Waals surface area contributed by atoms with Crippen LogP contribution in [0.5, 0.6) is 0 Å². The molecule has 0 saturated carbocycles. The summed E-state index contributed by atoms with van der Waals surface area (Å²) in [7, 11) is -3.17. The Morgan fingerprint density at radius 1 is 0.270 bits per heavy atom. The molecule has 0 aliphatic heterocycles. The van der Waals surface area contributed by atoms with Gasteiger partial charge in [0.25, 0.3) is 0 Å². The Kier molecular flexibility index (Phi) is 9.81. The number of benzene rings is 11. The van der Waals surface area contributed by atoms with Gasteiger partial charge in [-0.25, -0.2) is 9.97 Å². The summed E-state index contributed by atoms with van der Waals surface area (Å²) in [5.41, 5.74) is 19.9. The number of rotatable bonds is 5.